The lowest BCUT2D eigenvalue weighted by molar-refractivity contribution is -0.141. The van der Waals surface area contributed by atoms with Crippen LogP contribution in [-0.4, -0.2) is 48.2 Å². The first-order valence-electron chi connectivity index (χ1n) is 13.8. The van der Waals surface area contributed by atoms with Crippen LogP contribution in [0.25, 0.3) is 0 Å². The van der Waals surface area contributed by atoms with E-state index in [9.17, 15) is 15.0 Å². The summed E-state index contributed by atoms with van der Waals surface area (Å²) in [4.78, 5) is 11.2. The van der Waals surface area contributed by atoms with Gasteiger partial charge < -0.3 is 24.4 Å². The maximum absolute atomic E-state index is 11.2. The number of rotatable bonds is 13. The summed E-state index contributed by atoms with van der Waals surface area (Å²) in [5.41, 5.74) is 6.22. The van der Waals surface area contributed by atoms with Crippen molar-refractivity contribution in [1.82, 2.24) is 0 Å². The van der Waals surface area contributed by atoms with Gasteiger partial charge in [0.15, 0.2) is 0 Å². The molecule has 0 aliphatic carbocycles. The van der Waals surface area contributed by atoms with Crippen molar-refractivity contribution in [3.63, 3.8) is 0 Å². The van der Waals surface area contributed by atoms with Crippen LogP contribution in [-0.2, 0) is 20.4 Å². The Labute approximate surface area is 244 Å². The molecule has 6 nitrogen and oxygen atoms in total. The van der Waals surface area contributed by atoms with Crippen molar-refractivity contribution in [1.29, 1.82) is 0 Å². The first-order chi connectivity index (χ1) is 19.2. The summed E-state index contributed by atoms with van der Waals surface area (Å²) < 4.78 is 16.3. The fraction of sp³-hybridized carbons (Fsp3) is 0.371. The predicted octanol–water partition coefficient (Wildman–Crippen LogP) is 6.00. The number of hydrogen-bond acceptors (Lipinski definition) is 6. The molecular formula is C35H43O6. The number of aryl methyl sites for hydroxylation is 2. The van der Waals surface area contributed by atoms with E-state index < -0.39 is 18.2 Å². The molecule has 219 valence electrons. The maximum Gasteiger partial charge on any atom is 0.330 e. The van der Waals surface area contributed by atoms with E-state index in [1.807, 2.05) is 32.0 Å². The standard InChI is InChI=1S/C35H43O6/c1-9-33(38)41-22-30(37)21-40-32-17-15-29(19-24(32)3)35(7,8)27-12-10-26(11-13-27)34(5,6)28-14-16-31(23(2)18-28)39-20-25(4)36/h9-19,25,30,36-37H,1,4,20-22H2,2-3,5-8H3. The van der Waals surface area contributed by atoms with Gasteiger partial charge in [-0.3, -0.25) is 0 Å². The van der Waals surface area contributed by atoms with Crippen molar-refractivity contribution in [3.8, 4) is 11.5 Å². The summed E-state index contributed by atoms with van der Waals surface area (Å²) in [6.45, 7) is 19.7. The molecule has 1 radical (unpaired) electrons. The van der Waals surface area contributed by atoms with E-state index in [4.69, 9.17) is 14.2 Å². The fourth-order valence-corrected chi connectivity index (χ4v) is 4.69. The van der Waals surface area contributed by atoms with E-state index in [-0.39, 0.29) is 30.7 Å². The number of ether oxygens (including phenoxy) is 3. The molecule has 41 heavy (non-hydrogen) atoms. The molecule has 3 aromatic carbocycles. The van der Waals surface area contributed by atoms with Gasteiger partial charge in [0.2, 0.25) is 0 Å². The molecule has 3 aromatic rings. The first kappa shape index (κ1) is 31.9. The van der Waals surface area contributed by atoms with Crippen molar-refractivity contribution in [2.75, 3.05) is 19.8 Å². The summed E-state index contributed by atoms with van der Waals surface area (Å²) in [5, 5.41) is 19.5. The van der Waals surface area contributed by atoms with Gasteiger partial charge in [-0.15, -0.1) is 0 Å². The Bertz CT molecular complexity index is 1340. The highest BCUT2D eigenvalue weighted by atomic mass is 16.5. The van der Waals surface area contributed by atoms with Crippen LogP contribution in [0.4, 0.5) is 0 Å². The Hall–Kier alpha value is -3.61. The van der Waals surface area contributed by atoms with E-state index in [2.05, 4.69) is 83.7 Å². The van der Waals surface area contributed by atoms with E-state index in [1.54, 1.807) is 0 Å². The number of aliphatic hydroxyl groups excluding tert-OH is 2. The Kier molecular flexibility index (Phi) is 10.4. The maximum atomic E-state index is 11.2. The van der Waals surface area contributed by atoms with Crippen molar-refractivity contribution in [2.24, 2.45) is 0 Å². The number of carbonyl (C=O) groups excluding carboxylic acids is 1. The van der Waals surface area contributed by atoms with Gasteiger partial charge in [0, 0.05) is 16.9 Å². The molecule has 0 spiro atoms. The van der Waals surface area contributed by atoms with E-state index in [1.165, 1.54) is 16.7 Å². The number of aliphatic hydroxyl groups is 2. The minimum absolute atomic E-state index is 0.0138. The van der Waals surface area contributed by atoms with Gasteiger partial charge in [-0.05, 0) is 66.3 Å². The smallest absolute Gasteiger partial charge is 0.330 e. The zero-order chi connectivity index (χ0) is 30.4. The third-order valence-corrected chi connectivity index (χ3v) is 7.57. The summed E-state index contributed by atoms with van der Waals surface area (Å²) >= 11 is 0. The third kappa shape index (κ3) is 7.99. The molecular weight excluding hydrogens is 516 g/mol. The van der Waals surface area contributed by atoms with Crippen LogP contribution in [0.5, 0.6) is 11.5 Å². The van der Waals surface area contributed by atoms with Crippen molar-refractivity contribution >= 4 is 5.97 Å². The zero-order valence-corrected chi connectivity index (χ0v) is 25.1. The molecule has 0 fully saturated rings. The van der Waals surface area contributed by atoms with Crippen molar-refractivity contribution in [3.05, 3.63) is 114 Å². The number of benzene rings is 3. The molecule has 6 heteroatoms. The summed E-state index contributed by atoms with van der Waals surface area (Å²) in [5.74, 6) is 0.844. The lowest BCUT2D eigenvalue weighted by atomic mass is 9.74. The lowest BCUT2D eigenvalue weighted by Crippen LogP contribution is -2.25. The van der Waals surface area contributed by atoms with Crippen LogP contribution in [0, 0.1) is 20.8 Å². The van der Waals surface area contributed by atoms with Gasteiger partial charge >= 0.3 is 5.97 Å². The number of hydrogen-bond donors (Lipinski definition) is 2. The van der Waals surface area contributed by atoms with Crippen LogP contribution >= 0.6 is 0 Å². The number of carbonyl (C=O) groups is 1. The summed E-state index contributed by atoms with van der Waals surface area (Å²) in [6.07, 6.45) is -0.632. The van der Waals surface area contributed by atoms with Gasteiger partial charge in [-0.1, -0.05) is 82.8 Å². The third-order valence-electron chi connectivity index (χ3n) is 7.57. The molecule has 2 N–H and O–H groups in total. The largest absolute Gasteiger partial charge is 0.491 e. The molecule has 0 saturated heterocycles. The second kappa shape index (κ2) is 13.4. The summed E-state index contributed by atoms with van der Waals surface area (Å²) in [6, 6.07) is 21.0. The molecule has 2 atom stereocenters. The highest BCUT2D eigenvalue weighted by Gasteiger charge is 2.27. The fourth-order valence-electron chi connectivity index (χ4n) is 4.69. The molecule has 0 amide bonds. The van der Waals surface area contributed by atoms with Crippen molar-refractivity contribution in [2.45, 2.75) is 64.6 Å². The van der Waals surface area contributed by atoms with Crippen LogP contribution in [0.3, 0.4) is 0 Å². The van der Waals surface area contributed by atoms with E-state index in [0.29, 0.717) is 5.75 Å². The Balaban J connectivity index is 1.72. The van der Waals surface area contributed by atoms with Gasteiger partial charge in [0.25, 0.3) is 0 Å². The minimum Gasteiger partial charge on any atom is -0.491 e. The van der Waals surface area contributed by atoms with Crippen LogP contribution in [0.2, 0.25) is 0 Å². The topological polar surface area (TPSA) is 85.2 Å². The number of esters is 1. The molecule has 0 aliphatic rings. The molecule has 0 aliphatic heterocycles. The quantitative estimate of drug-likeness (QED) is 0.197. The minimum atomic E-state index is -0.931. The van der Waals surface area contributed by atoms with Gasteiger partial charge in [0.05, 0.1) is 6.10 Å². The van der Waals surface area contributed by atoms with Crippen LogP contribution < -0.4 is 9.47 Å². The lowest BCUT2D eigenvalue weighted by Gasteiger charge is -2.30. The van der Waals surface area contributed by atoms with Gasteiger partial charge in [0.1, 0.15) is 37.4 Å². The average Bonchev–Trinajstić information content (AvgIpc) is 2.94. The zero-order valence-electron chi connectivity index (χ0n) is 25.1. The van der Waals surface area contributed by atoms with Crippen LogP contribution in [0.15, 0.2) is 73.3 Å². The molecule has 2 unspecified atom stereocenters. The van der Waals surface area contributed by atoms with Gasteiger partial charge in [-0.2, -0.15) is 0 Å². The monoisotopic (exact) mass is 559 g/mol. The molecule has 3 rings (SSSR count). The second-order valence-electron chi connectivity index (χ2n) is 11.6. The average molecular weight is 560 g/mol. The van der Waals surface area contributed by atoms with Crippen LogP contribution in [0.1, 0.15) is 61.1 Å². The Morgan fingerprint density at radius 2 is 1.17 bits per heavy atom. The highest BCUT2D eigenvalue weighted by molar-refractivity contribution is 5.81. The van der Waals surface area contributed by atoms with E-state index in [0.717, 1.165) is 28.5 Å². The summed E-state index contributed by atoms with van der Waals surface area (Å²) in [7, 11) is 0. The second-order valence-corrected chi connectivity index (χ2v) is 11.6. The highest BCUT2D eigenvalue weighted by Crippen LogP contribution is 2.38. The first-order valence-corrected chi connectivity index (χ1v) is 13.8. The molecule has 0 heterocycles. The normalized spacial score (nSPS) is 13.3. The Morgan fingerprint density at radius 1 is 0.756 bits per heavy atom. The van der Waals surface area contributed by atoms with E-state index >= 15 is 0 Å². The predicted molar refractivity (Wildman–Crippen MR) is 163 cm³/mol. The van der Waals surface area contributed by atoms with Crippen molar-refractivity contribution < 1.29 is 29.2 Å². The molecule has 0 saturated carbocycles. The molecule has 0 bridgehead atoms. The van der Waals surface area contributed by atoms with Gasteiger partial charge in [-0.25, -0.2) is 4.79 Å². The molecule has 0 aromatic heterocycles. The Morgan fingerprint density at radius 3 is 1.56 bits per heavy atom. The SMILES string of the molecule is [CH2]C(O)COc1ccc(C(C)(C)c2ccc(C(C)(C)c3ccc(OCC(O)COC(=O)C=C)c(C)c3)cc2)cc1C.